The van der Waals surface area contributed by atoms with E-state index in [1.165, 1.54) is 6.42 Å². The van der Waals surface area contributed by atoms with Gasteiger partial charge < -0.3 is 31.5 Å². The maximum absolute atomic E-state index is 12.3. The Morgan fingerprint density at radius 1 is 1.09 bits per heavy atom. The zero-order valence-electron chi connectivity index (χ0n) is 21.1. The number of methoxy groups -OCH3 is 1. The summed E-state index contributed by atoms with van der Waals surface area (Å²) in [6, 6.07) is 5.77. The average Bonchev–Trinajstić information content (AvgIpc) is 2.79. The van der Waals surface area contributed by atoms with Crippen LogP contribution in [-0.4, -0.2) is 56.4 Å². The number of hydrogen-bond acceptors (Lipinski definition) is 5. The number of ether oxygens (including phenoxy) is 1. The number of primary amides is 1. The van der Waals surface area contributed by atoms with Gasteiger partial charge in [-0.1, -0.05) is 39.3 Å². The van der Waals surface area contributed by atoms with Gasteiger partial charge in [0.15, 0.2) is 0 Å². The summed E-state index contributed by atoms with van der Waals surface area (Å²) in [5.41, 5.74) is 6.46. The molecule has 0 saturated heterocycles. The number of nitrogens with two attached hydrogens (primary N) is 1. The van der Waals surface area contributed by atoms with Crippen molar-refractivity contribution in [3.8, 4) is 0 Å². The molecule has 1 aromatic carbocycles. The van der Waals surface area contributed by atoms with Gasteiger partial charge in [0.1, 0.15) is 6.04 Å². The molecule has 10 heteroatoms. The van der Waals surface area contributed by atoms with Crippen LogP contribution in [0.3, 0.4) is 0 Å². The molecule has 0 saturated carbocycles. The maximum Gasteiger partial charge on any atom is 0.312 e. The summed E-state index contributed by atoms with van der Waals surface area (Å²) in [7, 11) is 2.68. The van der Waals surface area contributed by atoms with Crippen LogP contribution in [0.2, 0.25) is 0 Å². The summed E-state index contributed by atoms with van der Waals surface area (Å²) in [6.07, 6.45) is 2.45. The van der Waals surface area contributed by atoms with Crippen molar-refractivity contribution in [1.29, 1.82) is 0 Å². The zero-order valence-corrected chi connectivity index (χ0v) is 23.9. The van der Waals surface area contributed by atoms with E-state index in [-0.39, 0.29) is 44.5 Å². The monoisotopic (exact) mass is 544 g/mol. The van der Waals surface area contributed by atoms with Crippen molar-refractivity contribution in [1.82, 2.24) is 10.6 Å². The Labute approximate surface area is 224 Å². The molecule has 0 aromatic heterocycles. The first kappa shape index (κ1) is 38.6. The van der Waals surface area contributed by atoms with E-state index < -0.39 is 12.1 Å². The van der Waals surface area contributed by atoms with E-state index in [0.29, 0.717) is 31.5 Å². The number of benzene rings is 1. The minimum atomic E-state index is -0.670. The van der Waals surface area contributed by atoms with E-state index in [9.17, 15) is 14.4 Å². The van der Waals surface area contributed by atoms with Gasteiger partial charge in [-0.05, 0) is 19.8 Å². The van der Waals surface area contributed by atoms with Crippen LogP contribution in [0.1, 0.15) is 58.9 Å². The molecule has 1 unspecified atom stereocenters. The van der Waals surface area contributed by atoms with E-state index in [4.69, 9.17) is 10.8 Å². The van der Waals surface area contributed by atoms with Gasteiger partial charge in [0.25, 0.3) is 0 Å². The van der Waals surface area contributed by atoms with Crippen molar-refractivity contribution in [2.75, 3.05) is 32.7 Å². The van der Waals surface area contributed by atoms with Gasteiger partial charge in [-0.3, -0.25) is 9.59 Å². The second-order valence-corrected chi connectivity index (χ2v) is 6.38. The van der Waals surface area contributed by atoms with Gasteiger partial charge in [-0.15, -0.1) is 0 Å². The topological polar surface area (TPSA) is 143 Å². The predicted molar refractivity (Wildman–Crippen MR) is 130 cm³/mol. The minimum absolute atomic E-state index is 0. The van der Waals surface area contributed by atoms with Crippen LogP contribution in [-0.2, 0) is 47.0 Å². The van der Waals surface area contributed by atoms with Crippen LogP contribution in [0.25, 0.3) is 0 Å². The van der Waals surface area contributed by atoms with Crippen molar-refractivity contribution in [2.45, 2.75) is 59.4 Å². The molecule has 0 bridgehead atoms. The molecule has 189 valence electrons. The molecule has 0 aliphatic carbocycles. The van der Waals surface area contributed by atoms with Crippen molar-refractivity contribution in [2.24, 2.45) is 5.73 Å². The summed E-state index contributed by atoms with van der Waals surface area (Å²) < 4.78 is 4.54. The van der Waals surface area contributed by atoms with Crippen LogP contribution in [0.5, 0.6) is 0 Å². The third-order valence-corrected chi connectivity index (χ3v) is 3.45. The van der Waals surface area contributed by atoms with E-state index in [1.807, 2.05) is 6.92 Å². The fourth-order valence-electron chi connectivity index (χ4n) is 1.90. The Morgan fingerprint density at radius 3 is 1.97 bits per heavy atom. The van der Waals surface area contributed by atoms with Crippen LogP contribution in [0.4, 0.5) is 10.5 Å². The largest absolute Gasteiger partial charge is 0.400 e. The van der Waals surface area contributed by atoms with Crippen molar-refractivity contribution < 1.29 is 56.9 Å². The Bertz CT molecular complexity index is 599. The SMILES string of the molecule is CCC.CCOC.CO.[CH2-]c1ccc(NC(=O)C(CCCNC(N)=O)NC(=O)CC)cc1.[Y]. The molecule has 33 heavy (non-hydrogen) atoms. The fourth-order valence-corrected chi connectivity index (χ4v) is 1.90. The van der Waals surface area contributed by atoms with Crippen LogP contribution >= 0.6 is 0 Å². The Balaban J connectivity index is -0.000000363. The number of rotatable bonds is 9. The number of urea groups is 1. The van der Waals surface area contributed by atoms with Crippen molar-refractivity contribution in [3.05, 3.63) is 36.8 Å². The van der Waals surface area contributed by atoms with Gasteiger partial charge in [0.05, 0.1) is 0 Å². The molecule has 9 nitrogen and oxygen atoms in total. The Hall–Kier alpha value is -1.68. The molecule has 0 aliphatic rings. The van der Waals surface area contributed by atoms with Crippen LogP contribution < -0.4 is 21.7 Å². The van der Waals surface area contributed by atoms with Gasteiger partial charge in [0.2, 0.25) is 11.8 Å². The molecule has 0 fully saturated rings. The van der Waals surface area contributed by atoms with Crippen molar-refractivity contribution in [3.63, 3.8) is 0 Å². The number of hydrogen-bond donors (Lipinski definition) is 5. The van der Waals surface area contributed by atoms with Crippen LogP contribution in [0.15, 0.2) is 24.3 Å². The number of carbonyl (C=O) groups excluding carboxylic acids is 3. The quantitative estimate of drug-likeness (QED) is 0.240. The van der Waals surface area contributed by atoms with Gasteiger partial charge >= 0.3 is 6.03 Å². The molecule has 0 spiro atoms. The summed E-state index contributed by atoms with van der Waals surface area (Å²) in [6.45, 7) is 12.9. The number of aliphatic hydroxyl groups excluding tert-OH is 1. The molecule has 1 atom stereocenters. The van der Waals surface area contributed by atoms with Gasteiger partial charge in [-0.2, -0.15) is 24.6 Å². The van der Waals surface area contributed by atoms with Gasteiger partial charge in [0, 0.05) is 72.2 Å². The summed E-state index contributed by atoms with van der Waals surface area (Å²) in [5.74, 6) is -0.510. The number of amides is 4. The molecule has 0 heterocycles. The first-order valence-electron chi connectivity index (χ1n) is 10.7. The minimum Gasteiger partial charge on any atom is -0.400 e. The number of nitrogens with one attached hydrogen (secondary N) is 3. The average molecular weight is 545 g/mol. The molecule has 4 amide bonds. The maximum atomic E-state index is 12.3. The molecule has 1 rings (SSSR count). The van der Waals surface area contributed by atoms with Crippen LogP contribution in [0, 0.1) is 6.92 Å². The van der Waals surface area contributed by atoms with Gasteiger partial charge in [-0.25, -0.2) is 4.79 Å². The second kappa shape index (κ2) is 28.4. The zero-order chi connectivity index (χ0) is 25.4. The molecule has 1 aromatic rings. The third-order valence-electron chi connectivity index (χ3n) is 3.45. The molecular formula is C23H43N4O5Y-. The Kier molecular flexibility index (Phi) is 33.2. The molecule has 0 aliphatic heterocycles. The number of aliphatic hydroxyl groups is 1. The predicted octanol–water partition coefficient (Wildman–Crippen LogP) is 2.83. The standard InChI is InChI=1S/C16H23N4O3.C3H8O.C3H8.CH4O.Y/c1-3-14(21)20-13(5-4-10-18-16(17)23)15(22)19-12-8-6-11(2)7-9-12;1-3-4-2;1-3-2;1-2;/h6-9,13H,2-5,10H2,1H3,(H,19,22)(H,20,21)(H3,17,18,23);3H2,1-2H3;3H2,1-2H3;2H,1H3;/q-1;;;;. The second-order valence-electron chi connectivity index (χ2n) is 6.38. The normalized spacial score (nSPS) is 9.55. The van der Waals surface area contributed by atoms with E-state index in [0.717, 1.165) is 19.3 Å². The first-order chi connectivity index (χ1) is 15.2. The number of anilines is 1. The van der Waals surface area contributed by atoms with E-state index >= 15 is 0 Å². The Morgan fingerprint density at radius 2 is 1.58 bits per heavy atom. The fraction of sp³-hybridized carbons (Fsp3) is 0.565. The molecule has 1 radical (unpaired) electrons. The number of carbonyl (C=O) groups is 3. The van der Waals surface area contributed by atoms with Crippen molar-refractivity contribution >= 4 is 23.5 Å². The summed E-state index contributed by atoms with van der Waals surface area (Å²) in [5, 5.41) is 14.9. The summed E-state index contributed by atoms with van der Waals surface area (Å²) in [4.78, 5) is 34.5. The smallest absolute Gasteiger partial charge is 0.312 e. The van der Waals surface area contributed by atoms with E-state index in [1.54, 1.807) is 38.3 Å². The first-order valence-corrected chi connectivity index (χ1v) is 10.7. The molecular weight excluding hydrogens is 501 g/mol. The molecule has 6 N–H and O–H groups in total. The van der Waals surface area contributed by atoms with E-state index in [2.05, 4.69) is 41.5 Å². The third kappa shape index (κ3) is 26.5. The summed E-state index contributed by atoms with van der Waals surface area (Å²) >= 11 is 0.